The van der Waals surface area contributed by atoms with E-state index in [-0.39, 0.29) is 5.82 Å². The molecule has 4 nitrogen and oxygen atoms in total. The fourth-order valence-electron chi connectivity index (χ4n) is 2.60. The topological polar surface area (TPSA) is 39.7 Å². The van der Waals surface area contributed by atoms with Crippen LogP contribution in [0.25, 0.3) is 0 Å². The lowest BCUT2D eigenvalue weighted by Crippen LogP contribution is -2.36. The standard InChI is InChI=1S/C21H29FN4/c1-5-26(4)15-19-8-6-7-17(11-19)13-24-21(23-3)25-14-18-10-9-16(2)20(22)12-18/h6-12H,5,13-15H2,1-4H3,(H2,23,24,25). The Morgan fingerprint density at radius 1 is 1.04 bits per heavy atom. The molecule has 0 bridgehead atoms. The Kier molecular flexibility index (Phi) is 7.60. The number of aryl methyl sites for hydroxylation is 1. The molecule has 0 aromatic heterocycles. The van der Waals surface area contributed by atoms with Gasteiger partial charge in [0, 0.05) is 26.7 Å². The van der Waals surface area contributed by atoms with E-state index in [0.29, 0.717) is 24.6 Å². The summed E-state index contributed by atoms with van der Waals surface area (Å²) in [7, 11) is 3.85. The van der Waals surface area contributed by atoms with Crippen molar-refractivity contribution in [3.8, 4) is 0 Å². The van der Waals surface area contributed by atoms with Crippen molar-refractivity contribution in [2.24, 2.45) is 4.99 Å². The van der Waals surface area contributed by atoms with Crippen LogP contribution in [0, 0.1) is 12.7 Å². The first-order valence-electron chi connectivity index (χ1n) is 8.97. The molecule has 2 aromatic carbocycles. The van der Waals surface area contributed by atoms with E-state index in [4.69, 9.17) is 0 Å². The van der Waals surface area contributed by atoms with E-state index in [1.54, 1.807) is 26.1 Å². The van der Waals surface area contributed by atoms with Crippen molar-refractivity contribution in [3.05, 3.63) is 70.5 Å². The van der Waals surface area contributed by atoms with E-state index in [1.807, 2.05) is 6.07 Å². The fourth-order valence-corrected chi connectivity index (χ4v) is 2.60. The Morgan fingerprint density at radius 2 is 1.69 bits per heavy atom. The SMILES string of the molecule is CCN(C)Cc1cccc(CNC(=NC)NCc2ccc(C)c(F)c2)c1. The lowest BCUT2D eigenvalue weighted by molar-refractivity contribution is 0.345. The molecule has 0 aliphatic rings. The third kappa shape index (κ3) is 6.15. The van der Waals surface area contributed by atoms with E-state index < -0.39 is 0 Å². The number of nitrogens with one attached hydrogen (secondary N) is 2. The molecule has 0 saturated carbocycles. The Balaban J connectivity index is 1.88. The molecular weight excluding hydrogens is 327 g/mol. The largest absolute Gasteiger partial charge is 0.352 e. The quantitative estimate of drug-likeness (QED) is 0.590. The van der Waals surface area contributed by atoms with Crippen molar-refractivity contribution in [2.45, 2.75) is 33.5 Å². The second-order valence-electron chi connectivity index (χ2n) is 6.51. The van der Waals surface area contributed by atoms with Crippen LogP contribution in [0.4, 0.5) is 4.39 Å². The second-order valence-corrected chi connectivity index (χ2v) is 6.51. The van der Waals surface area contributed by atoms with E-state index in [2.05, 4.69) is 58.8 Å². The molecule has 26 heavy (non-hydrogen) atoms. The van der Waals surface area contributed by atoms with Gasteiger partial charge < -0.3 is 15.5 Å². The van der Waals surface area contributed by atoms with Crippen LogP contribution in [-0.2, 0) is 19.6 Å². The van der Waals surface area contributed by atoms with Gasteiger partial charge in [-0.05, 0) is 48.8 Å². The monoisotopic (exact) mass is 356 g/mol. The lowest BCUT2D eigenvalue weighted by atomic mass is 10.1. The molecule has 0 radical (unpaired) electrons. The van der Waals surface area contributed by atoms with Crippen molar-refractivity contribution in [1.29, 1.82) is 0 Å². The van der Waals surface area contributed by atoms with Gasteiger partial charge in [-0.3, -0.25) is 4.99 Å². The minimum Gasteiger partial charge on any atom is -0.352 e. The first kappa shape index (κ1) is 19.9. The van der Waals surface area contributed by atoms with Crippen LogP contribution in [0.15, 0.2) is 47.5 Å². The summed E-state index contributed by atoms with van der Waals surface area (Å²) in [6.45, 7) is 7.10. The van der Waals surface area contributed by atoms with E-state index >= 15 is 0 Å². The summed E-state index contributed by atoms with van der Waals surface area (Å²) < 4.78 is 13.6. The second kappa shape index (κ2) is 9.92. The third-order valence-corrected chi connectivity index (χ3v) is 4.36. The van der Waals surface area contributed by atoms with E-state index in [1.165, 1.54) is 11.1 Å². The lowest BCUT2D eigenvalue weighted by Gasteiger charge is -2.15. The van der Waals surface area contributed by atoms with Crippen LogP contribution in [0.5, 0.6) is 0 Å². The highest BCUT2D eigenvalue weighted by Gasteiger charge is 2.03. The van der Waals surface area contributed by atoms with Crippen LogP contribution in [-0.4, -0.2) is 31.5 Å². The zero-order chi connectivity index (χ0) is 18.9. The Bertz CT molecular complexity index is 743. The van der Waals surface area contributed by atoms with Gasteiger partial charge in [-0.2, -0.15) is 0 Å². The summed E-state index contributed by atoms with van der Waals surface area (Å²) in [5.41, 5.74) is 4.05. The Hall–Kier alpha value is -2.40. The number of guanidine groups is 1. The third-order valence-electron chi connectivity index (χ3n) is 4.36. The zero-order valence-electron chi connectivity index (χ0n) is 16.1. The number of halogens is 1. The zero-order valence-corrected chi connectivity index (χ0v) is 16.1. The van der Waals surface area contributed by atoms with Crippen molar-refractivity contribution < 1.29 is 4.39 Å². The van der Waals surface area contributed by atoms with Gasteiger partial charge in [0.2, 0.25) is 0 Å². The first-order valence-corrected chi connectivity index (χ1v) is 8.97. The van der Waals surface area contributed by atoms with Gasteiger partial charge in [0.15, 0.2) is 5.96 Å². The molecule has 5 heteroatoms. The predicted molar refractivity (Wildman–Crippen MR) is 107 cm³/mol. The maximum Gasteiger partial charge on any atom is 0.191 e. The van der Waals surface area contributed by atoms with Gasteiger partial charge in [0.05, 0.1) is 0 Å². The maximum absolute atomic E-state index is 13.6. The molecule has 0 fully saturated rings. The van der Waals surface area contributed by atoms with Crippen LogP contribution in [0.1, 0.15) is 29.2 Å². The van der Waals surface area contributed by atoms with Gasteiger partial charge >= 0.3 is 0 Å². The summed E-state index contributed by atoms with van der Waals surface area (Å²) in [4.78, 5) is 6.51. The number of aliphatic imine (C=N–C) groups is 1. The molecule has 140 valence electrons. The molecule has 0 spiro atoms. The minimum atomic E-state index is -0.180. The maximum atomic E-state index is 13.6. The summed E-state index contributed by atoms with van der Waals surface area (Å²) in [6.07, 6.45) is 0. The minimum absolute atomic E-state index is 0.180. The molecule has 2 aromatic rings. The Morgan fingerprint density at radius 3 is 2.31 bits per heavy atom. The van der Waals surface area contributed by atoms with Crippen molar-refractivity contribution in [1.82, 2.24) is 15.5 Å². The van der Waals surface area contributed by atoms with Crippen molar-refractivity contribution in [2.75, 3.05) is 20.6 Å². The molecule has 0 saturated heterocycles. The summed E-state index contributed by atoms with van der Waals surface area (Å²) >= 11 is 0. The van der Waals surface area contributed by atoms with Crippen molar-refractivity contribution in [3.63, 3.8) is 0 Å². The molecular formula is C21H29FN4. The summed E-state index contributed by atoms with van der Waals surface area (Å²) in [5, 5.41) is 6.53. The Labute approximate surface area is 156 Å². The van der Waals surface area contributed by atoms with Crippen LogP contribution < -0.4 is 10.6 Å². The number of rotatable bonds is 7. The fraction of sp³-hybridized carbons (Fsp3) is 0.381. The molecule has 2 N–H and O–H groups in total. The predicted octanol–water partition coefficient (Wildman–Crippen LogP) is 3.45. The smallest absolute Gasteiger partial charge is 0.191 e. The van der Waals surface area contributed by atoms with E-state index in [9.17, 15) is 4.39 Å². The van der Waals surface area contributed by atoms with Gasteiger partial charge in [-0.1, -0.05) is 43.3 Å². The molecule has 0 aliphatic heterocycles. The van der Waals surface area contributed by atoms with Gasteiger partial charge in [-0.25, -0.2) is 4.39 Å². The van der Waals surface area contributed by atoms with Crippen LogP contribution in [0.3, 0.4) is 0 Å². The normalized spacial score (nSPS) is 11.7. The first-order chi connectivity index (χ1) is 12.5. The molecule has 0 atom stereocenters. The average molecular weight is 356 g/mol. The molecule has 2 rings (SSSR count). The van der Waals surface area contributed by atoms with Crippen LogP contribution in [0.2, 0.25) is 0 Å². The summed E-state index contributed by atoms with van der Waals surface area (Å²) in [6, 6.07) is 13.8. The van der Waals surface area contributed by atoms with Gasteiger partial charge in [-0.15, -0.1) is 0 Å². The van der Waals surface area contributed by atoms with Gasteiger partial charge in [0.25, 0.3) is 0 Å². The molecule has 0 amide bonds. The number of benzene rings is 2. The van der Waals surface area contributed by atoms with E-state index in [0.717, 1.165) is 18.7 Å². The average Bonchev–Trinajstić information content (AvgIpc) is 2.65. The number of nitrogens with zero attached hydrogens (tertiary/aromatic N) is 2. The highest BCUT2D eigenvalue weighted by molar-refractivity contribution is 5.79. The number of hydrogen-bond acceptors (Lipinski definition) is 2. The molecule has 0 unspecified atom stereocenters. The van der Waals surface area contributed by atoms with Crippen LogP contribution >= 0.6 is 0 Å². The molecule has 0 aliphatic carbocycles. The van der Waals surface area contributed by atoms with Crippen molar-refractivity contribution >= 4 is 5.96 Å². The highest BCUT2D eigenvalue weighted by atomic mass is 19.1. The number of hydrogen-bond donors (Lipinski definition) is 2. The van der Waals surface area contributed by atoms with Gasteiger partial charge in [0.1, 0.15) is 5.82 Å². The molecule has 0 heterocycles. The summed E-state index contributed by atoms with van der Waals surface area (Å²) in [5.74, 6) is 0.517. The highest BCUT2D eigenvalue weighted by Crippen LogP contribution is 2.09.